The predicted molar refractivity (Wildman–Crippen MR) is 47.1 cm³/mol. The van der Waals surface area contributed by atoms with Crippen LogP contribution in [0.25, 0.3) is 0 Å². The number of halogens is 3. The summed E-state index contributed by atoms with van der Waals surface area (Å²) in [5, 5.41) is 3.14. The Hall–Kier alpha value is -0.290. The fourth-order valence-electron chi connectivity index (χ4n) is 1.48. The summed E-state index contributed by atoms with van der Waals surface area (Å²) in [4.78, 5) is 0. The monoisotopic (exact) mass is 211 g/mol. The minimum Gasteiger partial charge on any atom is -0.377 e. The lowest BCUT2D eigenvalue weighted by atomic mass is 10.1. The smallest absolute Gasteiger partial charge is 0.377 e. The Kier molecular flexibility index (Phi) is 4.68. The minimum atomic E-state index is -4.05. The van der Waals surface area contributed by atoms with Crippen LogP contribution in [0.1, 0.15) is 25.7 Å². The van der Waals surface area contributed by atoms with Gasteiger partial charge in [-0.25, -0.2) is 0 Å². The van der Waals surface area contributed by atoms with Gasteiger partial charge in [0, 0.05) is 19.6 Å². The zero-order valence-electron chi connectivity index (χ0n) is 8.07. The van der Waals surface area contributed by atoms with Crippen molar-refractivity contribution in [3.63, 3.8) is 0 Å². The molecule has 84 valence electrons. The molecule has 1 heterocycles. The van der Waals surface area contributed by atoms with Crippen LogP contribution in [0.15, 0.2) is 0 Å². The Morgan fingerprint density at radius 1 is 1.36 bits per heavy atom. The standard InChI is InChI=1S/C9H16F3NO/c10-9(11,12)4-2-6-14-8-3-1-5-13-7-8/h8,13H,1-7H2/t8-/m0/s1. The molecule has 5 heteroatoms. The van der Waals surface area contributed by atoms with Crippen LogP contribution in [0.3, 0.4) is 0 Å². The number of piperidine rings is 1. The maximum Gasteiger partial charge on any atom is 0.389 e. The fourth-order valence-corrected chi connectivity index (χ4v) is 1.48. The highest BCUT2D eigenvalue weighted by Gasteiger charge is 2.26. The van der Waals surface area contributed by atoms with Crippen LogP contribution in [0.5, 0.6) is 0 Å². The fraction of sp³-hybridized carbons (Fsp3) is 1.00. The molecule has 0 saturated carbocycles. The van der Waals surface area contributed by atoms with Crippen molar-refractivity contribution in [1.82, 2.24) is 5.32 Å². The van der Waals surface area contributed by atoms with Crippen LogP contribution in [-0.2, 0) is 4.74 Å². The molecule has 0 radical (unpaired) electrons. The van der Waals surface area contributed by atoms with Gasteiger partial charge in [-0.15, -0.1) is 0 Å². The molecule has 14 heavy (non-hydrogen) atoms. The molecule has 0 bridgehead atoms. The van der Waals surface area contributed by atoms with Gasteiger partial charge in [-0.1, -0.05) is 0 Å². The Morgan fingerprint density at radius 3 is 2.71 bits per heavy atom. The van der Waals surface area contributed by atoms with Crippen molar-refractivity contribution in [2.24, 2.45) is 0 Å². The summed E-state index contributed by atoms with van der Waals surface area (Å²) >= 11 is 0. The molecule has 1 saturated heterocycles. The van der Waals surface area contributed by atoms with Crippen molar-refractivity contribution >= 4 is 0 Å². The van der Waals surface area contributed by atoms with Gasteiger partial charge in [-0.2, -0.15) is 13.2 Å². The van der Waals surface area contributed by atoms with Crippen LogP contribution >= 0.6 is 0 Å². The van der Waals surface area contributed by atoms with E-state index in [1.807, 2.05) is 0 Å². The van der Waals surface area contributed by atoms with Gasteiger partial charge in [0.25, 0.3) is 0 Å². The average Bonchev–Trinajstić information content (AvgIpc) is 2.13. The number of alkyl halides is 3. The van der Waals surface area contributed by atoms with Crippen LogP contribution in [0.4, 0.5) is 13.2 Å². The van der Waals surface area contributed by atoms with Crippen LogP contribution < -0.4 is 5.32 Å². The van der Waals surface area contributed by atoms with Crippen molar-refractivity contribution in [3.05, 3.63) is 0 Å². The lowest BCUT2D eigenvalue weighted by Crippen LogP contribution is -2.35. The minimum absolute atomic E-state index is 0.0694. The lowest BCUT2D eigenvalue weighted by Gasteiger charge is -2.23. The summed E-state index contributed by atoms with van der Waals surface area (Å²) in [7, 11) is 0. The number of ether oxygens (including phenoxy) is 1. The summed E-state index contributed by atoms with van der Waals surface area (Å²) in [5.74, 6) is 0. The topological polar surface area (TPSA) is 21.3 Å². The molecule has 0 spiro atoms. The van der Waals surface area contributed by atoms with Crippen molar-refractivity contribution in [2.45, 2.75) is 38.0 Å². The molecule has 1 fully saturated rings. The summed E-state index contributed by atoms with van der Waals surface area (Å²) in [5.41, 5.74) is 0. The molecule has 1 N–H and O–H groups in total. The van der Waals surface area contributed by atoms with Crippen LogP contribution in [0, 0.1) is 0 Å². The molecule has 0 amide bonds. The highest BCUT2D eigenvalue weighted by atomic mass is 19.4. The van der Waals surface area contributed by atoms with Crippen LogP contribution in [-0.4, -0.2) is 32.0 Å². The molecule has 1 atom stereocenters. The van der Waals surface area contributed by atoms with Crippen LogP contribution in [0.2, 0.25) is 0 Å². The average molecular weight is 211 g/mol. The molecule has 0 aliphatic carbocycles. The van der Waals surface area contributed by atoms with Gasteiger partial charge in [-0.3, -0.25) is 0 Å². The van der Waals surface area contributed by atoms with Gasteiger partial charge >= 0.3 is 6.18 Å². The highest BCUT2D eigenvalue weighted by Crippen LogP contribution is 2.21. The third kappa shape index (κ3) is 5.44. The Balaban J connectivity index is 1.97. The second kappa shape index (κ2) is 5.56. The third-order valence-electron chi connectivity index (χ3n) is 2.21. The second-order valence-corrected chi connectivity index (χ2v) is 3.56. The molecule has 1 aliphatic heterocycles. The summed E-state index contributed by atoms with van der Waals surface area (Å²) in [6.07, 6.45) is -2.61. The number of hydrogen-bond donors (Lipinski definition) is 1. The summed E-state index contributed by atoms with van der Waals surface area (Å²) in [6, 6.07) is 0. The van der Waals surface area contributed by atoms with E-state index in [0.717, 1.165) is 25.9 Å². The molecule has 1 aliphatic rings. The molecule has 2 nitrogen and oxygen atoms in total. The molecule has 0 aromatic rings. The van der Waals surface area contributed by atoms with Crippen molar-refractivity contribution in [3.8, 4) is 0 Å². The van der Waals surface area contributed by atoms with Crippen molar-refractivity contribution in [2.75, 3.05) is 19.7 Å². The SMILES string of the molecule is FC(F)(F)CCCO[C@H]1CCCNC1. The number of rotatable bonds is 4. The molecular formula is C9H16F3NO. The van der Waals surface area contributed by atoms with E-state index in [2.05, 4.69) is 5.32 Å². The van der Waals surface area contributed by atoms with E-state index >= 15 is 0 Å². The molecule has 1 rings (SSSR count). The predicted octanol–water partition coefficient (Wildman–Crippen LogP) is 2.10. The van der Waals surface area contributed by atoms with Gasteiger partial charge in [0.1, 0.15) is 0 Å². The van der Waals surface area contributed by atoms with E-state index in [-0.39, 0.29) is 19.1 Å². The largest absolute Gasteiger partial charge is 0.389 e. The number of hydrogen-bond acceptors (Lipinski definition) is 2. The van der Waals surface area contributed by atoms with E-state index in [0.29, 0.717) is 0 Å². The summed E-state index contributed by atoms with van der Waals surface area (Å²) in [6.45, 7) is 1.97. The van der Waals surface area contributed by atoms with E-state index in [4.69, 9.17) is 4.74 Å². The first-order valence-electron chi connectivity index (χ1n) is 4.97. The zero-order valence-corrected chi connectivity index (χ0v) is 8.07. The number of nitrogens with one attached hydrogen (secondary N) is 1. The van der Waals surface area contributed by atoms with E-state index in [1.165, 1.54) is 0 Å². The van der Waals surface area contributed by atoms with Crippen molar-refractivity contribution in [1.29, 1.82) is 0 Å². The van der Waals surface area contributed by atoms with Crippen molar-refractivity contribution < 1.29 is 17.9 Å². The van der Waals surface area contributed by atoms with Gasteiger partial charge in [0.15, 0.2) is 0 Å². The van der Waals surface area contributed by atoms with Gasteiger partial charge in [0.05, 0.1) is 6.10 Å². The normalized spacial score (nSPS) is 23.8. The Morgan fingerprint density at radius 2 is 2.14 bits per heavy atom. The third-order valence-corrected chi connectivity index (χ3v) is 2.21. The highest BCUT2D eigenvalue weighted by molar-refractivity contribution is 4.68. The van der Waals surface area contributed by atoms with E-state index < -0.39 is 12.6 Å². The molecule has 0 unspecified atom stereocenters. The molecular weight excluding hydrogens is 195 g/mol. The maximum absolute atomic E-state index is 11.8. The Labute approximate surface area is 81.8 Å². The quantitative estimate of drug-likeness (QED) is 0.719. The first-order valence-corrected chi connectivity index (χ1v) is 4.97. The summed E-state index contributed by atoms with van der Waals surface area (Å²) < 4.78 is 40.6. The first kappa shape index (κ1) is 11.8. The zero-order chi connectivity index (χ0) is 10.4. The molecule has 0 aromatic heterocycles. The van der Waals surface area contributed by atoms with Gasteiger partial charge < -0.3 is 10.1 Å². The second-order valence-electron chi connectivity index (χ2n) is 3.56. The van der Waals surface area contributed by atoms with E-state index in [1.54, 1.807) is 0 Å². The van der Waals surface area contributed by atoms with E-state index in [9.17, 15) is 13.2 Å². The lowest BCUT2D eigenvalue weighted by molar-refractivity contribution is -0.139. The first-order chi connectivity index (χ1) is 6.58. The Bertz CT molecular complexity index is 155. The van der Waals surface area contributed by atoms with Gasteiger partial charge in [0.2, 0.25) is 0 Å². The van der Waals surface area contributed by atoms with Gasteiger partial charge in [-0.05, 0) is 25.8 Å². The molecule has 0 aromatic carbocycles. The maximum atomic E-state index is 11.8.